The fourth-order valence-corrected chi connectivity index (χ4v) is 11.7. The summed E-state index contributed by atoms with van der Waals surface area (Å²) in [7, 11) is 0. The number of benzene rings is 7. The van der Waals surface area contributed by atoms with Crippen LogP contribution in [0.15, 0.2) is 162 Å². The largest absolute Gasteiger partial charge is 0.456 e. The van der Waals surface area contributed by atoms with Crippen LogP contribution in [0.1, 0.15) is 55.2 Å². The molecule has 9 aromatic rings. The lowest BCUT2D eigenvalue weighted by molar-refractivity contribution is -0.0281. The molecule has 0 radical (unpaired) electrons. The second-order valence-electron chi connectivity index (χ2n) is 17.5. The first-order valence-corrected chi connectivity index (χ1v) is 20.9. The molecule has 4 fully saturated rings. The third-order valence-electron chi connectivity index (χ3n) is 13.9. The number of hydrogen-bond acceptors (Lipinski definition) is 5. The van der Waals surface area contributed by atoms with Gasteiger partial charge in [0.25, 0.3) is 0 Å². The highest BCUT2D eigenvalue weighted by atomic mass is 16.3. The molecule has 2 atom stereocenters. The third-order valence-corrected chi connectivity index (χ3v) is 13.9. The van der Waals surface area contributed by atoms with E-state index in [1.807, 2.05) is 60.7 Å². The standard InChI is InChI=1S/C54H40N4O/c55-32-34-13-14-42-27-41(16-15-40(42)26-34)37-17-21-43(22-18-37)53-28-35-25-36(29-53)31-54(30-35,33-53)44-23-19-39(20-24-44)51-56-50(38-7-2-1-3-8-38)57-52(58-51)46-10-6-12-48-49(46)45-9-4-5-11-47(45)59-48/h1-24,26-27,35-36H,25,28-31,33H2. The smallest absolute Gasteiger partial charge is 0.164 e. The molecule has 2 unspecified atom stereocenters. The Kier molecular flexibility index (Phi) is 7.56. The maximum absolute atomic E-state index is 9.35. The lowest BCUT2D eigenvalue weighted by Gasteiger charge is -2.63. The first-order valence-electron chi connectivity index (χ1n) is 20.9. The van der Waals surface area contributed by atoms with Crippen LogP contribution in [-0.2, 0) is 10.8 Å². The van der Waals surface area contributed by atoms with Crippen LogP contribution in [0, 0.1) is 23.2 Å². The average Bonchev–Trinajstić information content (AvgIpc) is 3.68. The van der Waals surface area contributed by atoms with E-state index in [2.05, 4.69) is 103 Å². The Morgan fingerprint density at radius 1 is 0.508 bits per heavy atom. The summed E-state index contributed by atoms with van der Waals surface area (Å²) in [5.41, 5.74) is 11.0. The van der Waals surface area contributed by atoms with Crippen LogP contribution < -0.4 is 0 Å². The van der Waals surface area contributed by atoms with Crippen LogP contribution in [0.3, 0.4) is 0 Å². The van der Waals surface area contributed by atoms with Crippen LogP contribution in [0.25, 0.3) is 78.0 Å². The topological polar surface area (TPSA) is 75.6 Å². The molecule has 0 N–H and O–H groups in total. The lowest BCUT2D eigenvalue weighted by atomic mass is 9.41. The van der Waals surface area contributed by atoms with Gasteiger partial charge in [-0.1, -0.05) is 127 Å². The molecular formula is C54H40N4O. The Morgan fingerprint density at radius 3 is 1.80 bits per heavy atom. The van der Waals surface area contributed by atoms with Crippen molar-refractivity contribution in [2.24, 2.45) is 11.8 Å². The molecule has 5 heteroatoms. The van der Waals surface area contributed by atoms with Crippen molar-refractivity contribution in [2.75, 3.05) is 0 Å². The molecule has 4 aliphatic rings. The molecule has 0 amide bonds. The van der Waals surface area contributed by atoms with E-state index in [0.29, 0.717) is 23.0 Å². The number of furan rings is 1. The average molecular weight is 761 g/mol. The maximum atomic E-state index is 9.35. The first-order chi connectivity index (χ1) is 29.0. The molecule has 13 rings (SSSR count). The van der Waals surface area contributed by atoms with Crippen molar-refractivity contribution in [3.8, 4) is 51.4 Å². The highest BCUT2D eigenvalue weighted by Crippen LogP contribution is 2.66. The monoisotopic (exact) mass is 760 g/mol. The Bertz CT molecular complexity index is 3130. The van der Waals surface area contributed by atoms with Gasteiger partial charge < -0.3 is 4.42 Å². The number of hydrogen-bond donors (Lipinski definition) is 0. The summed E-state index contributed by atoms with van der Waals surface area (Å²) < 4.78 is 6.26. The summed E-state index contributed by atoms with van der Waals surface area (Å²) in [5.74, 6) is 3.46. The molecule has 2 heterocycles. The molecule has 0 saturated heterocycles. The van der Waals surface area contributed by atoms with Gasteiger partial charge in [-0.15, -0.1) is 0 Å². The van der Waals surface area contributed by atoms with E-state index in [1.165, 1.54) is 60.8 Å². The highest BCUT2D eigenvalue weighted by Gasteiger charge is 2.58. The Morgan fingerprint density at radius 2 is 1.08 bits per heavy atom. The van der Waals surface area contributed by atoms with Gasteiger partial charge >= 0.3 is 0 Å². The van der Waals surface area contributed by atoms with Crippen LogP contribution in [0.5, 0.6) is 0 Å². The fraction of sp³-hybridized carbons (Fsp3) is 0.185. The predicted octanol–water partition coefficient (Wildman–Crippen LogP) is 13.3. The zero-order valence-electron chi connectivity index (χ0n) is 32.6. The van der Waals surface area contributed by atoms with E-state index in [-0.39, 0.29) is 10.8 Å². The molecule has 282 valence electrons. The Labute approximate surface area is 343 Å². The molecule has 0 aliphatic heterocycles. The van der Waals surface area contributed by atoms with Gasteiger partial charge in [0.2, 0.25) is 0 Å². The summed E-state index contributed by atoms with van der Waals surface area (Å²) >= 11 is 0. The van der Waals surface area contributed by atoms with Crippen molar-refractivity contribution in [3.05, 3.63) is 174 Å². The van der Waals surface area contributed by atoms with Crippen molar-refractivity contribution in [2.45, 2.75) is 49.4 Å². The van der Waals surface area contributed by atoms with Crippen molar-refractivity contribution in [1.29, 1.82) is 5.26 Å². The van der Waals surface area contributed by atoms with E-state index >= 15 is 0 Å². The van der Waals surface area contributed by atoms with Gasteiger partial charge in [0.1, 0.15) is 11.2 Å². The number of para-hydroxylation sites is 1. The van der Waals surface area contributed by atoms with Gasteiger partial charge in [-0.05, 0) is 125 Å². The molecule has 0 spiro atoms. The van der Waals surface area contributed by atoms with Gasteiger partial charge in [0.15, 0.2) is 17.5 Å². The number of nitriles is 1. The highest BCUT2D eigenvalue weighted by molar-refractivity contribution is 6.11. The predicted molar refractivity (Wildman–Crippen MR) is 236 cm³/mol. The Hall–Kier alpha value is -6.90. The van der Waals surface area contributed by atoms with E-state index in [0.717, 1.165) is 61.2 Å². The quantitative estimate of drug-likeness (QED) is 0.169. The minimum absolute atomic E-state index is 0.166. The third kappa shape index (κ3) is 5.62. The summed E-state index contributed by atoms with van der Waals surface area (Å²) in [5, 5.41) is 13.7. The van der Waals surface area contributed by atoms with Crippen LogP contribution in [0.2, 0.25) is 0 Å². The number of aromatic nitrogens is 3. The first kappa shape index (κ1) is 34.2. The SMILES string of the molecule is N#Cc1ccc2cc(-c3ccc(C45CC6CC(C4)CC(c4ccc(-c7nc(-c8ccccc8)nc(-c8cccc9oc%10ccccc%10c89)n7)cc4)(C6)C5)cc3)ccc2c1. The zero-order valence-corrected chi connectivity index (χ0v) is 32.6. The van der Waals surface area contributed by atoms with E-state index in [4.69, 9.17) is 19.4 Å². The minimum Gasteiger partial charge on any atom is -0.456 e. The second kappa shape index (κ2) is 13.1. The lowest BCUT2D eigenvalue weighted by Crippen LogP contribution is -2.55. The molecule has 7 aromatic carbocycles. The van der Waals surface area contributed by atoms with Crippen molar-refractivity contribution in [1.82, 2.24) is 15.0 Å². The van der Waals surface area contributed by atoms with Gasteiger partial charge in [-0.2, -0.15) is 5.26 Å². The summed E-state index contributed by atoms with van der Waals surface area (Å²) in [4.78, 5) is 15.4. The van der Waals surface area contributed by atoms with Gasteiger partial charge in [-0.3, -0.25) is 0 Å². The van der Waals surface area contributed by atoms with Crippen LogP contribution in [0.4, 0.5) is 0 Å². The normalized spacial score (nSPS) is 21.9. The molecule has 59 heavy (non-hydrogen) atoms. The number of nitrogens with zero attached hydrogens (tertiary/aromatic N) is 4. The van der Waals surface area contributed by atoms with Crippen molar-refractivity contribution in [3.63, 3.8) is 0 Å². The zero-order chi connectivity index (χ0) is 39.1. The fourth-order valence-electron chi connectivity index (χ4n) is 11.7. The van der Waals surface area contributed by atoms with Crippen molar-refractivity contribution >= 4 is 32.7 Å². The van der Waals surface area contributed by atoms with Crippen LogP contribution in [-0.4, -0.2) is 15.0 Å². The van der Waals surface area contributed by atoms with E-state index < -0.39 is 0 Å². The summed E-state index contributed by atoms with van der Waals surface area (Å²) in [6.45, 7) is 0. The summed E-state index contributed by atoms with van der Waals surface area (Å²) in [6.07, 6.45) is 7.66. The molecular weight excluding hydrogens is 721 g/mol. The second-order valence-corrected chi connectivity index (χ2v) is 17.5. The number of rotatable bonds is 6. The maximum Gasteiger partial charge on any atom is 0.164 e. The van der Waals surface area contributed by atoms with Gasteiger partial charge in [0.05, 0.1) is 11.6 Å². The van der Waals surface area contributed by atoms with Gasteiger partial charge in [-0.25, -0.2) is 15.0 Å². The molecule has 2 aromatic heterocycles. The molecule has 4 aliphatic carbocycles. The van der Waals surface area contributed by atoms with E-state index in [1.54, 1.807) is 0 Å². The molecule has 4 saturated carbocycles. The molecule has 5 nitrogen and oxygen atoms in total. The summed E-state index contributed by atoms with van der Waals surface area (Å²) in [6, 6.07) is 58.1. The van der Waals surface area contributed by atoms with E-state index in [9.17, 15) is 5.26 Å². The van der Waals surface area contributed by atoms with Crippen LogP contribution >= 0.6 is 0 Å². The minimum atomic E-state index is 0.166. The Balaban J connectivity index is 0.885. The van der Waals surface area contributed by atoms with Crippen molar-refractivity contribution < 1.29 is 4.42 Å². The number of fused-ring (bicyclic) bond motifs is 4. The van der Waals surface area contributed by atoms with Gasteiger partial charge in [0, 0.05) is 27.5 Å². The molecule has 4 bridgehead atoms.